The molecule has 2 atom stereocenters. The molecule has 2 saturated heterocycles. The van der Waals surface area contributed by atoms with Gasteiger partial charge in [-0.05, 0) is 37.8 Å². The number of aliphatic hydroxyl groups is 1. The van der Waals surface area contributed by atoms with Gasteiger partial charge in [-0.15, -0.1) is 0 Å². The van der Waals surface area contributed by atoms with E-state index in [1.807, 2.05) is 17.0 Å². The zero-order valence-corrected chi connectivity index (χ0v) is 13.6. The minimum absolute atomic E-state index is 0.156. The number of likely N-dealkylation sites (tertiary alicyclic amines) is 2. The lowest BCUT2D eigenvalue weighted by atomic mass is 9.75. The van der Waals surface area contributed by atoms with E-state index in [2.05, 4.69) is 4.90 Å². The summed E-state index contributed by atoms with van der Waals surface area (Å²) in [6.07, 6.45) is 6.52. The molecule has 0 radical (unpaired) electrons. The second kappa shape index (κ2) is 5.95. The third kappa shape index (κ3) is 2.92. The lowest BCUT2D eigenvalue weighted by Gasteiger charge is -2.50. The fourth-order valence-electron chi connectivity index (χ4n) is 4.25. The predicted octanol–water partition coefficient (Wildman–Crippen LogP) is 1.86. The van der Waals surface area contributed by atoms with Crippen molar-refractivity contribution in [2.24, 2.45) is 11.8 Å². The minimum atomic E-state index is -0.587. The molecular formula is C18H26N2O3. The molecule has 1 aliphatic carbocycles. The van der Waals surface area contributed by atoms with Crippen LogP contribution < -0.4 is 0 Å². The van der Waals surface area contributed by atoms with Gasteiger partial charge in [-0.2, -0.15) is 0 Å². The van der Waals surface area contributed by atoms with E-state index in [9.17, 15) is 9.90 Å². The Morgan fingerprint density at radius 2 is 2.13 bits per heavy atom. The van der Waals surface area contributed by atoms with E-state index >= 15 is 0 Å². The molecule has 5 nitrogen and oxygen atoms in total. The SMILES string of the molecule is O=C(C1CCC1)N1CCC2(O)CCN(Cc3ccco3)CC2C1. The van der Waals surface area contributed by atoms with Gasteiger partial charge in [0, 0.05) is 38.0 Å². The monoisotopic (exact) mass is 318 g/mol. The summed E-state index contributed by atoms with van der Waals surface area (Å²) in [6.45, 7) is 3.95. The first-order chi connectivity index (χ1) is 11.1. The molecule has 1 aromatic heterocycles. The van der Waals surface area contributed by atoms with Gasteiger partial charge in [-0.25, -0.2) is 0 Å². The fraction of sp³-hybridized carbons (Fsp3) is 0.722. The van der Waals surface area contributed by atoms with Crippen molar-refractivity contribution in [3.63, 3.8) is 0 Å². The molecule has 1 N–H and O–H groups in total. The maximum Gasteiger partial charge on any atom is 0.225 e. The quantitative estimate of drug-likeness (QED) is 0.924. The van der Waals surface area contributed by atoms with Crippen LogP contribution in [0.3, 0.4) is 0 Å². The van der Waals surface area contributed by atoms with Crippen LogP contribution in [0, 0.1) is 11.8 Å². The average molecular weight is 318 g/mol. The van der Waals surface area contributed by atoms with E-state index in [4.69, 9.17) is 4.42 Å². The normalized spacial score (nSPS) is 32.4. The second-order valence-electron chi connectivity index (χ2n) is 7.53. The summed E-state index contributed by atoms with van der Waals surface area (Å²) in [7, 11) is 0. The first-order valence-electron chi connectivity index (χ1n) is 8.90. The first-order valence-corrected chi connectivity index (χ1v) is 8.90. The van der Waals surface area contributed by atoms with Crippen LogP contribution in [0.1, 0.15) is 37.9 Å². The van der Waals surface area contributed by atoms with E-state index in [1.165, 1.54) is 6.42 Å². The van der Waals surface area contributed by atoms with Crippen LogP contribution in [0.5, 0.6) is 0 Å². The molecule has 3 aliphatic rings. The molecule has 3 heterocycles. The van der Waals surface area contributed by atoms with Crippen LogP contribution in [-0.4, -0.2) is 52.6 Å². The Hall–Kier alpha value is -1.33. The molecule has 4 rings (SSSR count). The summed E-state index contributed by atoms with van der Waals surface area (Å²) in [5.41, 5.74) is -0.587. The van der Waals surface area contributed by atoms with Gasteiger partial charge >= 0.3 is 0 Å². The van der Waals surface area contributed by atoms with Crippen molar-refractivity contribution in [1.29, 1.82) is 0 Å². The van der Waals surface area contributed by atoms with E-state index in [0.29, 0.717) is 12.5 Å². The molecule has 0 bridgehead atoms. The number of fused-ring (bicyclic) bond motifs is 1. The molecule has 1 aromatic rings. The lowest BCUT2D eigenvalue weighted by Crippen LogP contribution is -2.61. The number of nitrogens with zero attached hydrogens (tertiary/aromatic N) is 2. The van der Waals surface area contributed by atoms with E-state index in [0.717, 1.165) is 57.6 Å². The van der Waals surface area contributed by atoms with Crippen LogP contribution in [0.15, 0.2) is 22.8 Å². The smallest absolute Gasteiger partial charge is 0.225 e. The number of hydrogen-bond donors (Lipinski definition) is 1. The molecule has 3 fully saturated rings. The number of rotatable bonds is 3. The van der Waals surface area contributed by atoms with Crippen LogP contribution >= 0.6 is 0 Å². The molecule has 5 heteroatoms. The molecule has 2 aliphatic heterocycles. The highest BCUT2D eigenvalue weighted by molar-refractivity contribution is 5.79. The van der Waals surface area contributed by atoms with Gasteiger partial charge in [0.25, 0.3) is 0 Å². The largest absolute Gasteiger partial charge is 0.468 e. The number of hydrogen-bond acceptors (Lipinski definition) is 4. The van der Waals surface area contributed by atoms with Gasteiger partial charge in [0.15, 0.2) is 0 Å². The van der Waals surface area contributed by atoms with Gasteiger partial charge in [-0.3, -0.25) is 9.69 Å². The van der Waals surface area contributed by atoms with Gasteiger partial charge in [-0.1, -0.05) is 6.42 Å². The third-order valence-electron chi connectivity index (χ3n) is 6.08. The number of amides is 1. The Morgan fingerprint density at radius 3 is 2.83 bits per heavy atom. The molecule has 1 saturated carbocycles. The first kappa shape index (κ1) is 15.2. The zero-order chi connectivity index (χ0) is 15.9. The highest BCUT2D eigenvalue weighted by atomic mass is 16.3. The molecule has 0 aromatic carbocycles. The summed E-state index contributed by atoms with van der Waals surface area (Å²) in [5, 5.41) is 11.0. The summed E-state index contributed by atoms with van der Waals surface area (Å²) < 4.78 is 5.44. The van der Waals surface area contributed by atoms with Crippen molar-refractivity contribution >= 4 is 5.91 Å². The lowest BCUT2D eigenvalue weighted by molar-refractivity contribution is -0.153. The van der Waals surface area contributed by atoms with Gasteiger partial charge in [0.05, 0.1) is 18.4 Å². The summed E-state index contributed by atoms with van der Waals surface area (Å²) in [5.74, 6) is 1.70. The third-order valence-corrected chi connectivity index (χ3v) is 6.08. The van der Waals surface area contributed by atoms with Crippen molar-refractivity contribution in [1.82, 2.24) is 9.80 Å². The van der Waals surface area contributed by atoms with Gasteiger partial charge in [0.2, 0.25) is 5.91 Å². The van der Waals surface area contributed by atoms with Crippen molar-refractivity contribution in [3.05, 3.63) is 24.2 Å². The number of carbonyl (C=O) groups is 1. The maximum absolute atomic E-state index is 12.5. The number of piperidine rings is 2. The van der Waals surface area contributed by atoms with Gasteiger partial charge < -0.3 is 14.4 Å². The highest BCUT2D eigenvalue weighted by Crippen LogP contribution is 2.37. The Morgan fingerprint density at radius 1 is 1.30 bits per heavy atom. The second-order valence-corrected chi connectivity index (χ2v) is 7.53. The van der Waals surface area contributed by atoms with Crippen LogP contribution in [0.2, 0.25) is 0 Å². The van der Waals surface area contributed by atoms with Crippen LogP contribution in [-0.2, 0) is 11.3 Å². The predicted molar refractivity (Wildman–Crippen MR) is 85.6 cm³/mol. The summed E-state index contributed by atoms with van der Waals surface area (Å²) in [4.78, 5) is 16.9. The Labute approximate surface area is 137 Å². The van der Waals surface area contributed by atoms with Gasteiger partial charge in [0.1, 0.15) is 5.76 Å². The molecule has 0 spiro atoms. The van der Waals surface area contributed by atoms with E-state index in [-0.39, 0.29) is 11.8 Å². The minimum Gasteiger partial charge on any atom is -0.468 e. The zero-order valence-electron chi connectivity index (χ0n) is 13.6. The van der Waals surface area contributed by atoms with E-state index < -0.39 is 5.60 Å². The van der Waals surface area contributed by atoms with Crippen LogP contribution in [0.25, 0.3) is 0 Å². The molecule has 2 unspecified atom stereocenters. The van der Waals surface area contributed by atoms with Crippen molar-refractivity contribution in [2.75, 3.05) is 26.2 Å². The Balaban J connectivity index is 1.40. The molecule has 126 valence electrons. The van der Waals surface area contributed by atoms with Crippen molar-refractivity contribution in [2.45, 2.75) is 44.2 Å². The van der Waals surface area contributed by atoms with E-state index in [1.54, 1.807) is 6.26 Å². The standard InChI is InChI=1S/C18H26N2O3/c21-17(14-3-1-4-14)20-9-7-18(22)6-8-19(11-15(18)12-20)13-16-5-2-10-23-16/h2,5,10,14-15,22H,1,3-4,6-9,11-13H2. The Kier molecular flexibility index (Phi) is 3.93. The molecule has 23 heavy (non-hydrogen) atoms. The Bertz CT molecular complexity index is 555. The maximum atomic E-state index is 12.5. The van der Waals surface area contributed by atoms with Crippen molar-refractivity contribution in [3.8, 4) is 0 Å². The summed E-state index contributed by atoms with van der Waals surface area (Å²) >= 11 is 0. The fourth-order valence-corrected chi connectivity index (χ4v) is 4.25. The number of furan rings is 1. The highest BCUT2D eigenvalue weighted by Gasteiger charge is 2.46. The molecule has 1 amide bonds. The molecular weight excluding hydrogens is 292 g/mol. The number of carbonyl (C=O) groups excluding carboxylic acids is 1. The average Bonchev–Trinajstić information content (AvgIpc) is 2.98. The summed E-state index contributed by atoms with van der Waals surface area (Å²) in [6, 6.07) is 3.91. The topological polar surface area (TPSA) is 56.9 Å². The van der Waals surface area contributed by atoms with Crippen molar-refractivity contribution < 1.29 is 14.3 Å². The van der Waals surface area contributed by atoms with Crippen LogP contribution in [0.4, 0.5) is 0 Å².